The smallest absolute Gasteiger partial charge is 0.264 e. The number of benzene rings is 2. The van der Waals surface area contributed by atoms with Gasteiger partial charge in [-0.2, -0.15) is 5.26 Å². The van der Waals surface area contributed by atoms with Gasteiger partial charge in [-0.25, -0.2) is 0 Å². The quantitative estimate of drug-likeness (QED) is 0.632. The minimum absolute atomic E-state index is 0.161. The van der Waals surface area contributed by atoms with Crippen LogP contribution in [0.2, 0.25) is 0 Å². The van der Waals surface area contributed by atoms with E-state index in [1.54, 1.807) is 11.0 Å². The molecule has 0 spiro atoms. The Kier molecular flexibility index (Phi) is 4.93. The molecule has 0 aliphatic carbocycles. The van der Waals surface area contributed by atoms with E-state index in [1.807, 2.05) is 60.7 Å². The summed E-state index contributed by atoms with van der Waals surface area (Å²) in [7, 11) is 0. The van der Waals surface area contributed by atoms with Crippen LogP contribution in [-0.2, 0) is 4.79 Å². The molecule has 0 aromatic heterocycles. The minimum atomic E-state index is -0.190. The van der Waals surface area contributed by atoms with Crippen molar-refractivity contribution in [3.8, 4) is 17.6 Å². The Hall–Kier alpha value is -3.06. The summed E-state index contributed by atoms with van der Waals surface area (Å²) in [5.74, 6) is 1.22. The molecule has 1 aliphatic rings. The number of hydrogen-bond acceptors (Lipinski definition) is 3. The number of carbonyl (C=O) groups is 1. The van der Waals surface area contributed by atoms with E-state index in [1.165, 1.54) is 0 Å². The van der Waals surface area contributed by atoms with Crippen LogP contribution in [0.4, 0.5) is 0 Å². The van der Waals surface area contributed by atoms with E-state index >= 15 is 0 Å². The zero-order valence-corrected chi connectivity index (χ0v) is 13.3. The largest absolute Gasteiger partial charge is 0.457 e. The fourth-order valence-corrected chi connectivity index (χ4v) is 2.69. The van der Waals surface area contributed by atoms with E-state index in [4.69, 9.17) is 4.74 Å². The van der Waals surface area contributed by atoms with Crippen LogP contribution in [0.25, 0.3) is 6.08 Å². The third-order valence-corrected chi connectivity index (χ3v) is 3.89. The van der Waals surface area contributed by atoms with Gasteiger partial charge in [-0.05, 0) is 48.7 Å². The molecular formula is C20H18N2O2. The number of likely N-dealkylation sites (tertiary alicyclic amines) is 1. The SMILES string of the molecule is N#CC(=Cc1cccc(Oc2ccccc2)c1)C(=O)N1CCCC1. The summed E-state index contributed by atoms with van der Waals surface area (Å²) < 4.78 is 5.79. The molecule has 2 aromatic carbocycles. The molecule has 0 saturated carbocycles. The lowest BCUT2D eigenvalue weighted by Crippen LogP contribution is -2.28. The van der Waals surface area contributed by atoms with Gasteiger partial charge in [-0.3, -0.25) is 4.79 Å². The second-order valence-corrected chi connectivity index (χ2v) is 5.66. The molecule has 0 unspecified atom stereocenters. The van der Waals surface area contributed by atoms with E-state index in [-0.39, 0.29) is 11.5 Å². The van der Waals surface area contributed by atoms with Gasteiger partial charge in [0.25, 0.3) is 5.91 Å². The average Bonchev–Trinajstić information content (AvgIpc) is 3.15. The lowest BCUT2D eigenvalue weighted by Gasteiger charge is -2.14. The highest BCUT2D eigenvalue weighted by Crippen LogP contribution is 2.23. The molecule has 0 bridgehead atoms. The van der Waals surface area contributed by atoms with E-state index < -0.39 is 0 Å². The molecule has 0 radical (unpaired) electrons. The van der Waals surface area contributed by atoms with Crippen molar-refractivity contribution in [2.75, 3.05) is 13.1 Å². The molecule has 2 aromatic rings. The van der Waals surface area contributed by atoms with Crippen molar-refractivity contribution in [2.24, 2.45) is 0 Å². The predicted molar refractivity (Wildman–Crippen MR) is 92.4 cm³/mol. The van der Waals surface area contributed by atoms with Gasteiger partial charge in [-0.1, -0.05) is 30.3 Å². The highest BCUT2D eigenvalue weighted by molar-refractivity contribution is 6.01. The average molecular weight is 318 g/mol. The monoisotopic (exact) mass is 318 g/mol. The molecule has 3 rings (SSSR count). The van der Waals surface area contributed by atoms with Crippen molar-refractivity contribution < 1.29 is 9.53 Å². The third-order valence-electron chi connectivity index (χ3n) is 3.89. The van der Waals surface area contributed by atoms with Crippen LogP contribution in [0.3, 0.4) is 0 Å². The van der Waals surface area contributed by atoms with Crippen molar-refractivity contribution in [3.63, 3.8) is 0 Å². The summed E-state index contributed by atoms with van der Waals surface area (Å²) in [4.78, 5) is 14.1. The van der Waals surface area contributed by atoms with Crippen LogP contribution in [0.15, 0.2) is 60.2 Å². The van der Waals surface area contributed by atoms with E-state index in [2.05, 4.69) is 0 Å². The van der Waals surface area contributed by atoms with Crippen molar-refractivity contribution in [3.05, 3.63) is 65.7 Å². The van der Waals surface area contributed by atoms with Gasteiger partial charge in [-0.15, -0.1) is 0 Å². The predicted octanol–water partition coefficient (Wildman–Crippen LogP) is 4.01. The maximum atomic E-state index is 12.4. The minimum Gasteiger partial charge on any atom is -0.457 e. The number of nitrogens with zero attached hydrogens (tertiary/aromatic N) is 2. The highest BCUT2D eigenvalue weighted by atomic mass is 16.5. The molecule has 1 saturated heterocycles. The first-order valence-corrected chi connectivity index (χ1v) is 8.00. The molecular weight excluding hydrogens is 300 g/mol. The molecule has 0 N–H and O–H groups in total. The summed E-state index contributed by atoms with van der Waals surface area (Å²) in [6, 6.07) is 18.9. The topological polar surface area (TPSA) is 53.3 Å². The Morgan fingerprint density at radius 3 is 2.46 bits per heavy atom. The second-order valence-electron chi connectivity index (χ2n) is 5.66. The number of rotatable bonds is 4. The second kappa shape index (κ2) is 7.47. The Bertz CT molecular complexity index is 785. The van der Waals surface area contributed by atoms with Crippen LogP contribution in [0.5, 0.6) is 11.5 Å². The summed E-state index contributed by atoms with van der Waals surface area (Å²) in [5.41, 5.74) is 0.932. The van der Waals surface area contributed by atoms with Gasteiger partial charge >= 0.3 is 0 Å². The first kappa shape index (κ1) is 15.8. The number of hydrogen-bond donors (Lipinski definition) is 0. The molecule has 4 nitrogen and oxygen atoms in total. The lowest BCUT2D eigenvalue weighted by atomic mass is 10.1. The maximum Gasteiger partial charge on any atom is 0.264 e. The van der Waals surface area contributed by atoms with Crippen molar-refractivity contribution in [2.45, 2.75) is 12.8 Å². The van der Waals surface area contributed by atoms with Crippen LogP contribution in [-0.4, -0.2) is 23.9 Å². The third kappa shape index (κ3) is 3.82. The van der Waals surface area contributed by atoms with Gasteiger partial charge in [0.1, 0.15) is 23.1 Å². The maximum absolute atomic E-state index is 12.4. The van der Waals surface area contributed by atoms with Crippen LogP contribution in [0, 0.1) is 11.3 Å². The van der Waals surface area contributed by atoms with Crippen LogP contribution < -0.4 is 4.74 Å². The number of nitriles is 1. The van der Waals surface area contributed by atoms with Gasteiger partial charge in [0.05, 0.1) is 0 Å². The molecule has 24 heavy (non-hydrogen) atoms. The normalized spacial score (nSPS) is 14.3. The fraction of sp³-hybridized carbons (Fsp3) is 0.200. The van der Waals surface area contributed by atoms with Crippen molar-refractivity contribution >= 4 is 12.0 Å². The summed E-state index contributed by atoms with van der Waals surface area (Å²) in [5, 5.41) is 9.33. The standard InChI is InChI=1S/C20H18N2O2/c21-15-17(20(23)22-11-4-5-12-22)13-16-7-6-10-19(14-16)24-18-8-2-1-3-9-18/h1-3,6-10,13-14H,4-5,11-12H2. The zero-order valence-electron chi connectivity index (χ0n) is 13.3. The molecule has 4 heteroatoms. The summed E-state index contributed by atoms with van der Waals surface area (Å²) in [6.07, 6.45) is 3.63. The molecule has 1 amide bonds. The number of amides is 1. The molecule has 1 aliphatic heterocycles. The van der Waals surface area contributed by atoms with Crippen LogP contribution in [0.1, 0.15) is 18.4 Å². The number of carbonyl (C=O) groups excluding carboxylic acids is 1. The molecule has 0 atom stereocenters. The van der Waals surface area contributed by atoms with E-state index in [0.717, 1.165) is 37.2 Å². The molecule has 120 valence electrons. The zero-order chi connectivity index (χ0) is 16.8. The lowest BCUT2D eigenvalue weighted by molar-refractivity contribution is -0.125. The Morgan fingerprint density at radius 1 is 1.04 bits per heavy atom. The van der Waals surface area contributed by atoms with Crippen molar-refractivity contribution in [1.82, 2.24) is 4.90 Å². The Balaban J connectivity index is 1.79. The summed E-state index contributed by atoms with van der Waals surface area (Å²) in [6.45, 7) is 1.46. The summed E-state index contributed by atoms with van der Waals surface area (Å²) >= 11 is 0. The molecule has 1 heterocycles. The first-order chi connectivity index (χ1) is 11.8. The van der Waals surface area contributed by atoms with Gasteiger partial charge < -0.3 is 9.64 Å². The van der Waals surface area contributed by atoms with E-state index in [0.29, 0.717) is 5.75 Å². The van der Waals surface area contributed by atoms with Gasteiger partial charge in [0, 0.05) is 13.1 Å². The van der Waals surface area contributed by atoms with Gasteiger partial charge in [0.15, 0.2) is 0 Å². The highest BCUT2D eigenvalue weighted by Gasteiger charge is 2.21. The fourth-order valence-electron chi connectivity index (χ4n) is 2.69. The Labute approximate surface area is 141 Å². The van der Waals surface area contributed by atoms with Crippen molar-refractivity contribution in [1.29, 1.82) is 5.26 Å². The Morgan fingerprint density at radius 2 is 1.75 bits per heavy atom. The first-order valence-electron chi connectivity index (χ1n) is 8.00. The molecule has 1 fully saturated rings. The number of ether oxygens (including phenoxy) is 1. The van der Waals surface area contributed by atoms with Gasteiger partial charge in [0.2, 0.25) is 0 Å². The number of para-hydroxylation sites is 1. The van der Waals surface area contributed by atoms with E-state index in [9.17, 15) is 10.1 Å². The van der Waals surface area contributed by atoms with Crippen LogP contribution >= 0.6 is 0 Å².